The van der Waals surface area contributed by atoms with Gasteiger partial charge in [-0.2, -0.15) is 0 Å². The number of carbonyl (C=O) groups is 2. The average Bonchev–Trinajstić information content (AvgIpc) is 2.38. The van der Waals surface area contributed by atoms with Gasteiger partial charge in [0.25, 0.3) is 0 Å². The van der Waals surface area contributed by atoms with Gasteiger partial charge in [0.1, 0.15) is 11.4 Å². The van der Waals surface area contributed by atoms with Gasteiger partial charge in [-0.3, -0.25) is 4.79 Å². The van der Waals surface area contributed by atoms with Crippen LogP contribution in [0.25, 0.3) is 0 Å². The maximum Gasteiger partial charge on any atom is 0.410 e. The van der Waals surface area contributed by atoms with E-state index in [1.54, 1.807) is 34.0 Å². The van der Waals surface area contributed by atoms with Crippen LogP contribution in [0.4, 0.5) is 10.6 Å². The first-order valence-corrected chi connectivity index (χ1v) is 7.25. The van der Waals surface area contributed by atoms with Gasteiger partial charge in [-0.1, -0.05) is 0 Å². The highest BCUT2D eigenvalue weighted by atomic mass is 16.6. The third-order valence-corrected chi connectivity index (χ3v) is 3.02. The van der Waals surface area contributed by atoms with E-state index in [2.05, 4.69) is 10.3 Å². The SMILES string of the molecule is Cc1cnc(NC(=O)CCN(C)C(=O)OC(C)(C)C)cc1C. The number of hydrogen-bond acceptors (Lipinski definition) is 4. The molecule has 22 heavy (non-hydrogen) atoms. The highest BCUT2D eigenvalue weighted by Gasteiger charge is 2.19. The number of pyridine rings is 1. The fourth-order valence-corrected chi connectivity index (χ4v) is 1.60. The van der Waals surface area contributed by atoms with Crippen LogP contribution >= 0.6 is 0 Å². The molecule has 1 aromatic rings. The van der Waals surface area contributed by atoms with Crippen molar-refractivity contribution in [2.45, 2.75) is 46.6 Å². The molecule has 0 fully saturated rings. The monoisotopic (exact) mass is 307 g/mol. The Bertz CT molecular complexity index is 550. The molecule has 0 aliphatic carbocycles. The van der Waals surface area contributed by atoms with E-state index >= 15 is 0 Å². The number of anilines is 1. The number of rotatable bonds is 4. The van der Waals surface area contributed by atoms with Crippen molar-refractivity contribution < 1.29 is 14.3 Å². The minimum Gasteiger partial charge on any atom is -0.444 e. The number of aryl methyl sites for hydroxylation is 2. The van der Waals surface area contributed by atoms with E-state index < -0.39 is 11.7 Å². The van der Waals surface area contributed by atoms with Crippen LogP contribution in [0.2, 0.25) is 0 Å². The normalized spacial score (nSPS) is 11.0. The molecule has 0 radical (unpaired) electrons. The molecule has 0 aliphatic heterocycles. The van der Waals surface area contributed by atoms with Crippen molar-refractivity contribution in [1.29, 1.82) is 0 Å². The van der Waals surface area contributed by atoms with E-state index in [9.17, 15) is 9.59 Å². The number of hydrogen-bond donors (Lipinski definition) is 1. The molecule has 6 heteroatoms. The minimum atomic E-state index is -0.545. The molecule has 0 spiro atoms. The zero-order valence-corrected chi connectivity index (χ0v) is 14.2. The van der Waals surface area contributed by atoms with Crippen molar-refractivity contribution in [3.63, 3.8) is 0 Å². The zero-order chi connectivity index (χ0) is 16.9. The van der Waals surface area contributed by atoms with Crippen LogP contribution in [0.1, 0.15) is 38.3 Å². The molecule has 0 aliphatic rings. The second-order valence-electron chi connectivity index (χ2n) is 6.35. The summed E-state index contributed by atoms with van der Waals surface area (Å²) >= 11 is 0. The van der Waals surface area contributed by atoms with Gasteiger partial charge in [0.05, 0.1) is 0 Å². The maximum atomic E-state index is 11.9. The molecular formula is C16H25N3O3. The second-order valence-corrected chi connectivity index (χ2v) is 6.35. The minimum absolute atomic E-state index is 0.185. The summed E-state index contributed by atoms with van der Waals surface area (Å²) < 4.78 is 5.22. The molecule has 0 bridgehead atoms. The molecule has 122 valence electrons. The molecule has 0 unspecified atom stereocenters. The summed E-state index contributed by atoms with van der Waals surface area (Å²) in [6.45, 7) is 9.61. The van der Waals surface area contributed by atoms with Crippen molar-refractivity contribution in [3.05, 3.63) is 23.4 Å². The summed E-state index contributed by atoms with van der Waals surface area (Å²) in [5, 5.41) is 2.72. The number of nitrogens with one attached hydrogen (secondary N) is 1. The Labute approximate surface area is 131 Å². The molecule has 1 rings (SSSR count). The summed E-state index contributed by atoms with van der Waals surface area (Å²) in [6, 6.07) is 1.82. The first-order chi connectivity index (χ1) is 10.1. The van der Waals surface area contributed by atoms with Crippen LogP contribution in [-0.2, 0) is 9.53 Å². The smallest absolute Gasteiger partial charge is 0.410 e. The van der Waals surface area contributed by atoms with Crippen LogP contribution in [0, 0.1) is 13.8 Å². The second kappa shape index (κ2) is 7.24. The predicted molar refractivity (Wildman–Crippen MR) is 85.8 cm³/mol. The van der Waals surface area contributed by atoms with Gasteiger partial charge in [0, 0.05) is 26.2 Å². The van der Waals surface area contributed by atoms with E-state index in [4.69, 9.17) is 4.74 Å². The highest BCUT2D eigenvalue weighted by Crippen LogP contribution is 2.11. The van der Waals surface area contributed by atoms with Crippen LogP contribution in [0.15, 0.2) is 12.3 Å². The van der Waals surface area contributed by atoms with Gasteiger partial charge in [0.15, 0.2) is 0 Å². The van der Waals surface area contributed by atoms with Crippen molar-refractivity contribution in [1.82, 2.24) is 9.88 Å². The Hall–Kier alpha value is -2.11. The molecule has 6 nitrogen and oxygen atoms in total. The fraction of sp³-hybridized carbons (Fsp3) is 0.562. The third-order valence-electron chi connectivity index (χ3n) is 3.02. The lowest BCUT2D eigenvalue weighted by molar-refractivity contribution is -0.116. The number of aromatic nitrogens is 1. The third kappa shape index (κ3) is 6.11. The number of carbonyl (C=O) groups excluding carboxylic acids is 2. The molecular weight excluding hydrogens is 282 g/mol. The Morgan fingerprint density at radius 1 is 1.27 bits per heavy atom. The van der Waals surface area contributed by atoms with E-state index in [0.29, 0.717) is 5.82 Å². The molecule has 1 N–H and O–H groups in total. The highest BCUT2D eigenvalue weighted by molar-refractivity contribution is 5.90. The fourth-order valence-electron chi connectivity index (χ4n) is 1.60. The average molecular weight is 307 g/mol. The van der Waals surface area contributed by atoms with Gasteiger partial charge in [-0.25, -0.2) is 9.78 Å². The summed E-state index contributed by atoms with van der Waals surface area (Å²) in [5.74, 6) is 0.333. The first-order valence-electron chi connectivity index (χ1n) is 7.25. The standard InChI is InChI=1S/C16H25N3O3/c1-11-9-13(17-10-12(11)2)18-14(20)7-8-19(6)15(21)22-16(3,4)5/h9-10H,7-8H2,1-6H3,(H,17,18,20). The summed E-state index contributed by atoms with van der Waals surface area (Å²) in [7, 11) is 1.61. The molecule has 0 saturated carbocycles. The van der Waals surface area contributed by atoms with Gasteiger partial charge in [-0.15, -0.1) is 0 Å². The van der Waals surface area contributed by atoms with E-state index in [1.165, 1.54) is 4.90 Å². The Kier molecular flexibility index (Phi) is 5.91. The first kappa shape index (κ1) is 17.9. The van der Waals surface area contributed by atoms with Crippen LogP contribution in [0.5, 0.6) is 0 Å². The molecule has 1 aromatic heterocycles. The van der Waals surface area contributed by atoms with Crippen LogP contribution in [-0.4, -0.2) is 41.1 Å². The number of nitrogens with zero attached hydrogens (tertiary/aromatic N) is 2. The molecule has 0 saturated heterocycles. The summed E-state index contributed by atoms with van der Waals surface area (Å²) in [4.78, 5) is 29.2. The molecule has 1 heterocycles. The van der Waals surface area contributed by atoms with E-state index in [0.717, 1.165) is 11.1 Å². The lowest BCUT2D eigenvalue weighted by atomic mass is 10.2. The molecule has 0 aromatic carbocycles. The van der Waals surface area contributed by atoms with E-state index in [1.807, 2.05) is 19.9 Å². The number of ether oxygens (including phenoxy) is 1. The summed E-state index contributed by atoms with van der Waals surface area (Å²) in [6.07, 6.45) is 1.46. The quantitative estimate of drug-likeness (QED) is 0.928. The van der Waals surface area contributed by atoms with Gasteiger partial charge < -0.3 is 15.0 Å². The lowest BCUT2D eigenvalue weighted by Gasteiger charge is -2.24. The molecule has 0 atom stereocenters. The Morgan fingerprint density at radius 3 is 2.45 bits per heavy atom. The van der Waals surface area contributed by atoms with Gasteiger partial charge >= 0.3 is 6.09 Å². The lowest BCUT2D eigenvalue weighted by Crippen LogP contribution is -2.35. The zero-order valence-electron chi connectivity index (χ0n) is 14.2. The predicted octanol–water partition coefficient (Wildman–Crippen LogP) is 2.89. The van der Waals surface area contributed by atoms with Crippen molar-refractivity contribution in [3.8, 4) is 0 Å². The van der Waals surface area contributed by atoms with E-state index in [-0.39, 0.29) is 18.9 Å². The molecule has 2 amide bonds. The largest absolute Gasteiger partial charge is 0.444 e. The van der Waals surface area contributed by atoms with Crippen molar-refractivity contribution in [2.24, 2.45) is 0 Å². The van der Waals surface area contributed by atoms with Crippen molar-refractivity contribution >= 4 is 17.8 Å². The Morgan fingerprint density at radius 2 is 1.91 bits per heavy atom. The number of amides is 2. The van der Waals surface area contributed by atoms with Gasteiger partial charge in [0.2, 0.25) is 5.91 Å². The van der Waals surface area contributed by atoms with Gasteiger partial charge in [-0.05, 0) is 51.8 Å². The topological polar surface area (TPSA) is 71.5 Å². The maximum absolute atomic E-state index is 11.9. The van der Waals surface area contributed by atoms with Crippen LogP contribution in [0.3, 0.4) is 0 Å². The van der Waals surface area contributed by atoms with Crippen LogP contribution < -0.4 is 5.32 Å². The Balaban J connectivity index is 2.45. The van der Waals surface area contributed by atoms with Crippen molar-refractivity contribution in [2.75, 3.05) is 18.9 Å². The summed E-state index contributed by atoms with van der Waals surface area (Å²) in [5.41, 5.74) is 1.59.